The largest absolute Gasteiger partial charge is 0.508 e. The van der Waals surface area contributed by atoms with Crippen LogP contribution in [0.4, 0.5) is 10.1 Å². The maximum atomic E-state index is 14.2. The van der Waals surface area contributed by atoms with Gasteiger partial charge in [0.2, 0.25) is 0 Å². The lowest BCUT2D eigenvalue weighted by Gasteiger charge is -2.36. The van der Waals surface area contributed by atoms with Gasteiger partial charge in [0.1, 0.15) is 11.6 Å². The third-order valence-electron chi connectivity index (χ3n) is 4.88. The fourth-order valence-electron chi connectivity index (χ4n) is 3.21. The summed E-state index contributed by atoms with van der Waals surface area (Å²) in [4.78, 5) is 4.27. The van der Waals surface area contributed by atoms with Gasteiger partial charge in [-0.1, -0.05) is 6.07 Å². The van der Waals surface area contributed by atoms with Crippen LogP contribution in [0.3, 0.4) is 0 Å². The van der Waals surface area contributed by atoms with Crippen LogP contribution in [0.2, 0.25) is 0 Å². The molecular formula is C20H22FN3O. The second kappa shape index (κ2) is 7.12. The van der Waals surface area contributed by atoms with Crippen LogP contribution >= 0.6 is 0 Å². The van der Waals surface area contributed by atoms with Gasteiger partial charge in [0.05, 0.1) is 17.3 Å². The molecule has 1 aliphatic heterocycles. The molecule has 0 unspecified atom stereocenters. The predicted octanol–water partition coefficient (Wildman–Crippen LogP) is 3.34. The molecule has 1 heterocycles. The molecule has 0 bridgehead atoms. The topological polar surface area (TPSA) is 50.5 Å². The summed E-state index contributed by atoms with van der Waals surface area (Å²) in [7, 11) is 0. The Morgan fingerprint density at radius 2 is 1.76 bits per heavy atom. The van der Waals surface area contributed by atoms with Crippen LogP contribution in [0.1, 0.15) is 22.3 Å². The van der Waals surface area contributed by atoms with E-state index >= 15 is 0 Å². The van der Waals surface area contributed by atoms with Crippen molar-refractivity contribution >= 4 is 5.69 Å². The predicted molar refractivity (Wildman–Crippen MR) is 96.2 cm³/mol. The zero-order valence-corrected chi connectivity index (χ0v) is 14.6. The number of piperazine rings is 1. The van der Waals surface area contributed by atoms with Crippen molar-refractivity contribution < 1.29 is 9.50 Å². The molecule has 25 heavy (non-hydrogen) atoms. The molecule has 4 nitrogen and oxygen atoms in total. The van der Waals surface area contributed by atoms with Gasteiger partial charge in [-0.15, -0.1) is 0 Å². The smallest absolute Gasteiger partial charge is 0.147 e. The zero-order valence-electron chi connectivity index (χ0n) is 14.6. The first kappa shape index (κ1) is 17.2. The minimum atomic E-state index is -0.348. The van der Waals surface area contributed by atoms with Gasteiger partial charge in [-0.05, 0) is 49.2 Å². The molecule has 1 fully saturated rings. The van der Waals surface area contributed by atoms with Gasteiger partial charge in [-0.2, -0.15) is 5.26 Å². The number of nitrogens with zero attached hydrogens (tertiary/aromatic N) is 3. The van der Waals surface area contributed by atoms with Crippen molar-refractivity contribution in [2.75, 3.05) is 31.1 Å². The van der Waals surface area contributed by atoms with Crippen LogP contribution in [-0.2, 0) is 6.54 Å². The monoisotopic (exact) mass is 339 g/mol. The van der Waals surface area contributed by atoms with E-state index in [1.165, 1.54) is 11.6 Å². The van der Waals surface area contributed by atoms with E-state index in [-0.39, 0.29) is 5.82 Å². The number of phenols is 1. The molecular weight excluding hydrogens is 317 g/mol. The van der Waals surface area contributed by atoms with Gasteiger partial charge in [0.25, 0.3) is 0 Å². The lowest BCUT2D eigenvalue weighted by Crippen LogP contribution is -2.46. The molecule has 0 amide bonds. The van der Waals surface area contributed by atoms with Crippen LogP contribution in [0.5, 0.6) is 5.75 Å². The Hall–Kier alpha value is -2.58. The van der Waals surface area contributed by atoms with Crippen molar-refractivity contribution in [1.29, 1.82) is 5.26 Å². The second-order valence-corrected chi connectivity index (χ2v) is 6.61. The van der Waals surface area contributed by atoms with Crippen LogP contribution in [0.25, 0.3) is 0 Å². The number of hydrogen-bond donors (Lipinski definition) is 1. The quantitative estimate of drug-likeness (QED) is 0.932. The van der Waals surface area contributed by atoms with Crippen molar-refractivity contribution in [3.63, 3.8) is 0 Å². The van der Waals surface area contributed by atoms with Gasteiger partial charge in [0.15, 0.2) is 0 Å². The summed E-state index contributed by atoms with van der Waals surface area (Å²) in [5, 5.41) is 19.0. The van der Waals surface area contributed by atoms with Gasteiger partial charge < -0.3 is 10.0 Å². The molecule has 3 rings (SSSR count). The molecule has 130 valence electrons. The Labute approximate surface area is 147 Å². The van der Waals surface area contributed by atoms with E-state index in [1.54, 1.807) is 12.1 Å². The van der Waals surface area contributed by atoms with E-state index in [4.69, 9.17) is 5.26 Å². The van der Waals surface area contributed by atoms with E-state index in [9.17, 15) is 9.50 Å². The van der Waals surface area contributed by atoms with Crippen LogP contribution in [0, 0.1) is 31.0 Å². The maximum Gasteiger partial charge on any atom is 0.147 e. The third-order valence-corrected chi connectivity index (χ3v) is 4.88. The Bertz CT molecular complexity index is 820. The molecule has 0 saturated carbocycles. The molecule has 0 radical (unpaired) electrons. The van der Waals surface area contributed by atoms with E-state index in [2.05, 4.69) is 4.90 Å². The first-order valence-corrected chi connectivity index (χ1v) is 8.44. The minimum Gasteiger partial charge on any atom is -0.508 e. The lowest BCUT2D eigenvalue weighted by molar-refractivity contribution is 0.246. The molecule has 2 aromatic rings. The summed E-state index contributed by atoms with van der Waals surface area (Å²) in [6.07, 6.45) is 0. The fourth-order valence-corrected chi connectivity index (χ4v) is 3.21. The SMILES string of the molecule is Cc1cc(O)c(CN2CCN(c3ccc(C#N)cc3F)CC2)cc1C. The summed E-state index contributed by atoms with van der Waals surface area (Å²) < 4.78 is 14.2. The number of anilines is 1. The summed E-state index contributed by atoms with van der Waals surface area (Å²) in [5.74, 6) is -0.0111. The third kappa shape index (κ3) is 3.75. The highest BCUT2D eigenvalue weighted by molar-refractivity contribution is 5.51. The Kier molecular flexibility index (Phi) is 4.91. The molecule has 0 aliphatic carbocycles. The van der Waals surface area contributed by atoms with E-state index in [0.29, 0.717) is 36.6 Å². The zero-order chi connectivity index (χ0) is 18.0. The van der Waals surface area contributed by atoms with Crippen molar-refractivity contribution in [2.45, 2.75) is 20.4 Å². The molecule has 1 N–H and O–H groups in total. The number of hydrogen-bond acceptors (Lipinski definition) is 4. The molecule has 0 atom stereocenters. The van der Waals surface area contributed by atoms with Crippen LogP contribution in [0.15, 0.2) is 30.3 Å². The van der Waals surface area contributed by atoms with Crippen LogP contribution < -0.4 is 4.90 Å². The second-order valence-electron chi connectivity index (χ2n) is 6.61. The summed E-state index contributed by atoms with van der Waals surface area (Å²) in [6.45, 7) is 7.75. The Morgan fingerprint density at radius 1 is 1.08 bits per heavy atom. The van der Waals surface area contributed by atoms with Gasteiger partial charge in [-0.25, -0.2) is 4.39 Å². The molecule has 1 saturated heterocycles. The standard InChI is InChI=1S/C20H22FN3O/c1-14-9-17(20(25)10-15(14)2)13-23-5-7-24(8-6-23)19-4-3-16(12-22)11-18(19)21/h3-4,9-11,25H,5-8,13H2,1-2H3. The Morgan fingerprint density at radius 3 is 2.40 bits per heavy atom. The van der Waals surface area contributed by atoms with Gasteiger partial charge in [-0.3, -0.25) is 4.90 Å². The average molecular weight is 339 g/mol. The van der Waals surface area contributed by atoms with Crippen molar-refractivity contribution in [2.24, 2.45) is 0 Å². The molecule has 0 aromatic heterocycles. The molecule has 2 aromatic carbocycles. The molecule has 5 heteroatoms. The number of aromatic hydroxyl groups is 1. The van der Waals surface area contributed by atoms with E-state index < -0.39 is 0 Å². The Balaban J connectivity index is 1.65. The van der Waals surface area contributed by atoms with Crippen molar-refractivity contribution in [3.8, 4) is 11.8 Å². The van der Waals surface area contributed by atoms with Gasteiger partial charge in [0, 0.05) is 38.3 Å². The van der Waals surface area contributed by atoms with E-state index in [0.717, 1.165) is 24.2 Å². The number of halogens is 1. The number of phenolic OH excluding ortho intramolecular Hbond substituents is 1. The fraction of sp³-hybridized carbons (Fsp3) is 0.350. The average Bonchev–Trinajstić information content (AvgIpc) is 2.60. The van der Waals surface area contributed by atoms with E-state index in [1.807, 2.05) is 36.9 Å². The first-order valence-electron chi connectivity index (χ1n) is 8.44. The summed E-state index contributed by atoms with van der Waals surface area (Å²) in [6, 6.07) is 10.4. The molecule has 0 spiro atoms. The molecule has 1 aliphatic rings. The highest BCUT2D eigenvalue weighted by atomic mass is 19.1. The normalized spacial score (nSPS) is 15.2. The highest BCUT2D eigenvalue weighted by Gasteiger charge is 2.20. The van der Waals surface area contributed by atoms with Gasteiger partial charge >= 0.3 is 0 Å². The summed E-state index contributed by atoms with van der Waals surface area (Å²) in [5.41, 5.74) is 4.08. The maximum absolute atomic E-state index is 14.2. The number of nitriles is 1. The minimum absolute atomic E-state index is 0.337. The van der Waals surface area contributed by atoms with Crippen molar-refractivity contribution in [1.82, 2.24) is 4.90 Å². The lowest BCUT2D eigenvalue weighted by atomic mass is 10.0. The van der Waals surface area contributed by atoms with Crippen molar-refractivity contribution in [3.05, 3.63) is 58.4 Å². The number of rotatable bonds is 3. The number of benzene rings is 2. The number of aryl methyl sites for hydroxylation is 2. The highest BCUT2D eigenvalue weighted by Crippen LogP contribution is 2.25. The van der Waals surface area contributed by atoms with Crippen LogP contribution in [-0.4, -0.2) is 36.2 Å². The summed E-state index contributed by atoms with van der Waals surface area (Å²) >= 11 is 0. The first-order chi connectivity index (χ1) is 12.0.